The molecule has 2 heterocycles. The lowest BCUT2D eigenvalue weighted by atomic mass is 9.67. The lowest BCUT2D eigenvalue weighted by Crippen LogP contribution is -2.51. The molecule has 0 unspecified atom stereocenters. The molecule has 164 valence electrons. The maximum atomic E-state index is 14.1. The quantitative estimate of drug-likeness (QED) is 0.736. The van der Waals surface area contributed by atoms with E-state index in [-0.39, 0.29) is 23.3 Å². The molecule has 1 saturated heterocycles. The Morgan fingerprint density at radius 1 is 1.06 bits per heavy atom. The van der Waals surface area contributed by atoms with Crippen molar-refractivity contribution in [2.45, 2.75) is 51.7 Å². The summed E-state index contributed by atoms with van der Waals surface area (Å²) in [6.45, 7) is 4.42. The number of hydrazine groups is 1. The Hall–Kier alpha value is -3.15. The highest BCUT2D eigenvalue weighted by Crippen LogP contribution is 2.70. The van der Waals surface area contributed by atoms with Crippen LogP contribution in [0.3, 0.4) is 0 Å². The summed E-state index contributed by atoms with van der Waals surface area (Å²) in [5.41, 5.74) is 1.78. The van der Waals surface area contributed by atoms with Gasteiger partial charge < -0.3 is 4.84 Å². The van der Waals surface area contributed by atoms with Crippen LogP contribution in [-0.4, -0.2) is 34.7 Å². The Morgan fingerprint density at radius 2 is 1.75 bits per heavy atom. The highest BCUT2D eigenvalue weighted by atomic mass is 16.6. The molecule has 6 rings (SSSR count). The molecule has 6 nitrogen and oxygen atoms in total. The first-order valence-electron chi connectivity index (χ1n) is 11.5. The van der Waals surface area contributed by atoms with Crippen molar-refractivity contribution in [3.8, 4) is 0 Å². The molecule has 4 atom stereocenters. The normalized spacial score (nSPS) is 32.1. The van der Waals surface area contributed by atoms with Crippen molar-refractivity contribution in [1.82, 2.24) is 5.01 Å². The van der Waals surface area contributed by atoms with E-state index in [4.69, 9.17) is 4.84 Å². The summed E-state index contributed by atoms with van der Waals surface area (Å²) in [7, 11) is 0. The number of hydrogen-bond donors (Lipinski definition) is 0. The highest BCUT2D eigenvalue weighted by Gasteiger charge is 2.75. The second kappa shape index (κ2) is 6.67. The zero-order valence-corrected chi connectivity index (χ0v) is 18.4. The van der Waals surface area contributed by atoms with E-state index < -0.39 is 11.5 Å². The summed E-state index contributed by atoms with van der Waals surface area (Å²) in [5, 5.41) is 7.59. The topological polar surface area (TPSA) is 62.2 Å². The van der Waals surface area contributed by atoms with Crippen LogP contribution in [-0.2, 0) is 14.4 Å². The first-order chi connectivity index (χ1) is 15.4. The predicted molar refractivity (Wildman–Crippen MR) is 121 cm³/mol. The van der Waals surface area contributed by atoms with Gasteiger partial charge in [-0.1, -0.05) is 67.5 Å². The van der Waals surface area contributed by atoms with Gasteiger partial charge in [0.05, 0.1) is 22.9 Å². The summed E-state index contributed by atoms with van der Waals surface area (Å²) in [4.78, 5) is 33.6. The molecule has 4 aliphatic rings. The van der Waals surface area contributed by atoms with Gasteiger partial charge in [0.1, 0.15) is 0 Å². The Labute approximate surface area is 187 Å². The third-order valence-corrected chi connectivity index (χ3v) is 8.50. The molecule has 3 fully saturated rings. The molecule has 0 N–H and O–H groups in total. The summed E-state index contributed by atoms with van der Waals surface area (Å²) >= 11 is 0. The minimum atomic E-state index is -0.721. The van der Waals surface area contributed by atoms with E-state index in [2.05, 4.69) is 19.0 Å². The molecule has 2 aromatic carbocycles. The number of anilines is 1. The summed E-state index contributed by atoms with van der Waals surface area (Å²) in [6.07, 6.45) is 2.41. The highest BCUT2D eigenvalue weighted by molar-refractivity contribution is 6.08. The van der Waals surface area contributed by atoms with E-state index in [1.807, 2.05) is 60.7 Å². The lowest BCUT2D eigenvalue weighted by molar-refractivity contribution is -0.145. The summed E-state index contributed by atoms with van der Waals surface area (Å²) < 4.78 is 0. The van der Waals surface area contributed by atoms with Crippen molar-refractivity contribution in [2.24, 2.45) is 21.9 Å². The van der Waals surface area contributed by atoms with Gasteiger partial charge in [-0.05, 0) is 48.3 Å². The van der Waals surface area contributed by atoms with E-state index in [0.29, 0.717) is 12.3 Å². The van der Waals surface area contributed by atoms with Crippen LogP contribution < -0.4 is 5.01 Å². The van der Waals surface area contributed by atoms with Gasteiger partial charge in [-0.15, -0.1) is 0 Å². The van der Waals surface area contributed by atoms with Crippen molar-refractivity contribution < 1.29 is 14.4 Å². The SMILES string of the molecule is CC1(C)[C@@H]2CC[C@]13C(=O)N(c1ccccc1)N(C(=O)[C@H]1CC(c4ccccc4)=NO1)[C@@H]3C2. The van der Waals surface area contributed by atoms with E-state index in [1.165, 1.54) is 0 Å². The van der Waals surface area contributed by atoms with Crippen molar-refractivity contribution in [3.05, 3.63) is 66.2 Å². The number of para-hydroxylation sites is 1. The van der Waals surface area contributed by atoms with Gasteiger partial charge in [0.15, 0.2) is 0 Å². The van der Waals surface area contributed by atoms with Crippen LogP contribution in [0.25, 0.3) is 0 Å². The average Bonchev–Trinajstić information content (AvgIpc) is 3.53. The molecule has 32 heavy (non-hydrogen) atoms. The number of nitrogens with zero attached hydrogens (tertiary/aromatic N) is 3. The number of hydrogen-bond acceptors (Lipinski definition) is 4. The Morgan fingerprint density at radius 3 is 2.44 bits per heavy atom. The number of benzene rings is 2. The van der Waals surface area contributed by atoms with Crippen LogP contribution in [0.2, 0.25) is 0 Å². The molecule has 6 heteroatoms. The zero-order chi connectivity index (χ0) is 22.1. The Balaban J connectivity index is 1.37. The van der Waals surface area contributed by atoms with Crippen LogP contribution in [0.5, 0.6) is 0 Å². The number of amides is 2. The van der Waals surface area contributed by atoms with Crippen LogP contribution >= 0.6 is 0 Å². The molecule has 2 bridgehead atoms. The predicted octanol–water partition coefficient (Wildman–Crippen LogP) is 4.16. The third-order valence-electron chi connectivity index (χ3n) is 8.50. The van der Waals surface area contributed by atoms with Crippen molar-refractivity contribution in [2.75, 3.05) is 5.01 Å². The van der Waals surface area contributed by atoms with Crippen molar-refractivity contribution >= 4 is 23.2 Å². The van der Waals surface area contributed by atoms with Gasteiger partial charge in [-0.3, -0.25) is 9.59 Å². The zero-order valence-electron chi connectivity index (χ0n) is 18.4. The Kier molecular flexibility index (Phi) is 4.07. The van der Waals surface area contributed by atoms with Crippen molar-refractivity contribution in [1.29, 1.82) is 0 Å². The fraction of sp³-hybridized carbons (Fsp3) is 0.423. The van der Waals surface area contributed by atoms with E-state index >= 15 is 0 Å². The largest absolute Gasteiger partial charge is 0.382 e. The molecule has 1 spiro atoms. The molecule has 2 aliphatic carbocycles. The number of carbonyl (C=O) groups excluding carboxylic acids is 2. The van der Waals surface area contributed by atoms with E-state index in [9.17, 15) is 9.59 Å². The van der Waals surface area contributed by atoms with Gasteiger partial charge in [0.2, 0.25) is 6.10 Å². The number of oxime groups is 1. The maximum absolute atomic E-state index is 14.1. The average molecular weight is 430 g/mol. The standard InChI is InChI=1S/C26H27N3O3/c1-25(2)18-13-14-26(25)22(15-18)29(28(24(26)31)19-11-7-4-8-12-19)23(30)21-16-20(27-32-21)17-9-5-3-6-10-17/h3-12,18,21-22H,13-16H2,1-2H3/t18-,21-,22-,26+/m1/s1. The van der Waals surface area contributed by atoms with Gasteiger partial charge >= 0.3 is 0 Å². The molecular weight excluding hydrogens is 402 g/mol. The van der Waals surface area contributed by atoms with Crippen LogP contribution in [0.1, 0.15) is 45.1 Å². The van der Waals surface area contributed by atoms with Crippen molar-refractivity contribution in [3.63, 3.8) is 0 Å². The second-order valence-corrected chi connectivity index (χ2v) is 10.0. The molecule has 2 amide bonds. The third kappa shape index (κ3) is 2.38. The molecule has 0 aromatic heterocycles. The van der Waals surface area contributed by atoms with E-state index in [0.717, 1.165) is 36.2 Å². The van der Waals surface area contributed by atoms with Gasteiger partial charge in [-0.25, -0.2) is 10.0 Å². The van der Waals surface area contributed by atoms with Gasteiger partial charge in [0.25, 0.3) is 11.8 Å². The number of carbonyl (C=O) groups is 2. The fourth-order valence-corrected chi connectivity index (χ4v) is 6.71. The van der Waals surface area contributed by atoms with Gasteiger partial charge in [-0.2, -0.15) is 0 Å². The first-order valence-corrected chi connectivity index (χ1v) is 11.5. The minimum absolute atomic E-state index is 0.0502. The monoisotopic (exact) mass is 429 g/mol. The number of fused-ring (bicyclic) bond motifs is 1. The maximum Gasteiger partial charge on any atom is 0.286 e. The van der Waals surface area contributed by atoms with Crippen LogP contribution in [0.15, 0.2) is 65.8 Å². The van der Waals surface area contributed by atoms with Crippen LogP contribution in [0.4, 0.5) is 5.69 Å². The molecular formula is C26H27N3O3. The molecule has 2 aliphatic heterocycles. The minimum Gasteiger partial charge on any atom is -0.382 e. The summed E-state index contributed by atoms with van der Waals surface area (Å²) in [6, 6.07) is 19.2. The number of rotatable bonds is 3. The van der Waals surface area contributed by atoms with Gasteiger partial charge in [0, 0.05) is 6.42 Å². The first kappa shape index (κ1) is 19.5. The fourth-order valence-electron chi connectivity index (χ4n) is 6.71. The van der Waals surface area contributed by atoms with E-state index in [1.54, 1.807) is 10.0 Å². The van der Waals surface area contributed by atoms with Crippen LogP contribution in [0, 0.1) is 16.7 Å². The Bertz CT molecular complexity index is 1110. The second-order valence-electron chi connectivity index (χ2n) is 10.0. The molecule has 2 aromatic rings. The molecule has 0 radical (unpaired) electrons. The molecule has 2 saturated carbocycles. The summed E-state index contributed by atoms with van der Waals surface area (Å²) in [5.74, 6) is 0.321. The lowest BCUT2D eigenvalue weighted by Gasteiger charge is -2.35. The smallest absolute Gasteiger partial charge is 0.286 e.